The molecule has 0 rings (SSSR count). The second-order valence-electron chi connectivity index (χ2n) is 3.96. The fourth-order valence-corrected chi connectivity index (χ4v) is 1.22. The van der Waals surface area contributed by atoms with Crippen LogP contribution in [0.5, 0.6) is 0 Å². The van der Waals surface area contributed by atoms with Gasteiger partial charge in [-0.2, -0.15) is 0 Å². The lowest BCUT2D eigenvalue weighted by molar-refractivity contribution is -0.138. The van der Waals surface area contributed by atoms with Crippen LogP contribution in [0.15, 0.2) is 0 Å². The lowest BCUT2D eigenvalue weighted by Crippen LogP contribution is -2.54. The summed E-state index contributed by atoms with van der Waals surface area (Å²) in [4.78, 5) is 13.7. The van der Waals surface area contributed by atoms with Gasteiger partial charge in [0.15, 0.2) is 0 Å². The Labute approximate surface area is 81.3 Å². The molecule has 0 aliphatic carbocycles. The molecule has 0 bridgehead atoms. The van der Waals surface area contributed by atoms with Crippen molar-refractivity contribution in [3.63, 3.8) is 0 Å². The Balaban J connectivity index is 4.55. The molecule has 3 nitrogen and oxygen atoms in total. The van der Waals surface area contributed by atoms with Crippen molar-refractivity contribution < 1.29 is 4.79 Å². The highest BCUT2D eigenvalue weighted by Crippen LogP contribution is 2.12. The molecule has 0 radical (unpaired) electrons. The van der Waals surface area contributed by atoms with Crippen LogP contribution in [-0.2, 0) is 4.79 Å². The van der Waals surface area contributed by atoms with Crippen LogP contribution >= 0.6 is 0 Å². The highest BCUT2D eigenvalue weighted by atomic mass is 16.2. The van der Waals surface area contributed by atoms with E-state index >= 15 is 0 Å². The molecule has 1 amide bonds. The minimum atomic E-state index is -0.708. The Kier molecular flexibility index (Phi) is 4.40. The predicted octanol–water partition coefficient (Wildman–Crippen LogP) is 1.37. The normalized spacial score (nSPS) is 15.6. The fourth-order valence-electron chi connectivity index (χ4n) is 1.22. The molecular weight excluding hydrogens is 164 g/mol. The van der Waals surface area contributed by atoms with Gasteiger partial charge in [0.1, 0.15) is 0 Å². The summed E-state index contributed by atoms with van der Waals surface area (Å²) >= 11 is 0. The monoisotopic (exact) mass is 186 g/mol. The van der Waals surface area contributed by atoms with Crippen molar-refractivity contribution >= 4 is 5.91 Å². The number of likely N-dealkylation sites (N-methyl/N-ethyl adjacent to an activating group) is 1. The van der Waals surface area contributed by atoms with Gasteiger partial charge < -0.3 is 10.6 Å². The Bertz CT molecular complexity index is 176. The van der Waals surface area contributed by atoms with E-state index in [4.69, 9.17) is 5.73 Å². The standard InChI is InChI=1S/C10H22N2O/c1-6-10(5,11)9(13)12(7-2)8(3)4/h8H,6-7,11H2,1-5H3. The lowest BCUT2D eigenvalue weighted by Gasteiger charge is -2.33. The van der Waals surface area contributed by atoms with Gasteiger partial charge in [0, 0.05) is 12.6 Å². The summed E-state index contributed by atoms with van der Waals surface area (Å²) in [5.74, 6) is 0.0486. The number of amides is 1. The van der Waals surface area contributed by atoms with Gasteiger partial charge in [-0.1, -0.05) is 6.92 Å². The van der Waals surface area contributed by atoms with E-state index in [-0.39, 0.29) is 11.9 Å². The van der Waals surface area contributed by atoms with Crippen molar-refractivity contribution in [2.45, 2.75) is 52.6 Å². The molecule has 0 aromatic heterocycles. The Morgan fingerprint density at radius 2 is 1.92 bits per heavy atom. The van der Waals surface area contributed by atoms with Crippen LogP contribution in [0, 0.1) is 0 Å². The largest absolute Gasteiger partial charge is 0.339 e. The molecular formula is C10H22N2O. The van der Waals surface area contributed by atoms with Crippen LogP contribution in [0.1, 0.15) is 41.0 Å². The maximum absolute atomic E-state index is 11.9. The first kappa shape index (κ1) is 12.4. The van der Waals surface area contributed by atoms with E-state index in [1.165, 1.54) is 0 Å². The van der Waals surface area contributed by atoms with Crippen molar-refractivity contribution in [3.8, 4) is 0 Å². The summed E-state index contributed by atoms with van der Waals surface area (Å²) in [7, 11) is 0. The molecule has 0 fully saturated rings. The highest BCUT2D eigenvalue weighted by molar-refractivity contribution is 5.85. The van der Waals surface area contributed by atoms with E-state index in [1.54, 1.807) is 6.92 Å². The molecule has 0 heterocycles. The van der Waals surface area contributed by atoms with Crippen molar-refractivity contribution in [1.82, 2.24) is 4.90 Å². The average Bonchev–Trinajstić information content (AvgIpc) is 2.05. The zero-order chi connectivity index (χ0) is 10.6. The quantitative estimate of drug-likeness (QED) is 0.720. The number of rotatable bonds is 4. The smallest absolute Gasteiger partial charge is 0.242 e. The number of carbonyl (C=O) groups excluding carboxylic acids is 1. The van der Waals surface area contributed by atoms with E-state index in [2.05, 4.69) is 0 Å². The minimum absolute atomic E-state index is 0.0486. The Morgan fingerprint density at radius 3 is 2.15 bits per heavy atom. The zero-order valence-corrected chi connectivity index (χ0v) is 9.42. The van der Waals surface area contributed by atoms with Crippen molar-refractivity contribution in [1.29, 1.82) is 0 Å². The number of nitrogens with zero attached hydrogens (tertiary/aromatic N) is 1. The Hall–Kier alpha value is -0.570. The lowest BCUT2D eigenvalue weighted by atomic mass is 9.98. The van der Waals surface area contributed by atoms with E-state index in [9.17, 15) is 4.79 Å². The molecule has 0 aliphatic heterocycles. The molecule has 1 unspecified atom stereocenters. The minimum Gasteiger partial charge on any atom is -0.339 e. The van der Waals surface area contributed by atoms with Gasteiger partial charge in [-0.3, -0.25) is 4.79 Å². The molecule has 2 N–H and O–H groups in total. The molecule has 0 aliphatic rings. The molecule has 13 heavy (non-hydrogen) atoms. The summed E-state index contributed by atoms with van der Waals surface area (Å²) in [6, 6.07) is 0.229. The van der Waals surface area contributed by atoms with Crippen LogP contribution in [0.25, 0.3) is 0 Å². The predicted molar refractivity (Wildman–Crippen MR) is 55.4 cm³/mol. The van der Waals surface area contributed by atoms with E-state index in [1.807, 2.05) is 32.6 Å². The molecule has 1 atom stereocenters. The molecule has 0 saturated carbocycles. The molecule has 0 aromatic carbocycles. The summed E-state index contributed by atoms with van der Waals surface area (Å²) in [6.07, 6.45) is 0.676. The maximum Gasteiger partial charge on any atom is 0.242 e. The van der Waals surface area contributed by atoms with Crippen LogP contribution < -0.4 is 5.73 Å². The summed E-state index contributed by atoms with van der Waals surface area (Å²) in [6.45, 7) is 10.4. The van der Waals surface area contributed by atoms with Gasteiger partial charge in [0.05, 0.1) is 5.54 Å². The first-order valence-corrected chi connectivity index (χ1v) is 4.96. The van der Waals surface area contributed by atoms with Gasteiger partial charge in [0.25, 0.3) is 0 Å². The molecule has 3 heteroatoms. The SMILES string of the molecule is CCN(C(=O)C(C)(N)CC)C(C)C. The van der Waals surface area contributed by atoms with E-state index < -0.39 is 5.54 Å². The second-order valence-corrected chi connectivity index (χ2v) is 3.96. The topological polar surface area (TPSA) is 46.3 Å². The maximum atomic E-state index is 11.9. The fraction of sp³-hybridized carbons (Fsp3) is 0.900. The summed E-state index contributed by atoms with van der Waals surface area (Å²) in [5, 5.41) is 0. The third-order valence-electron chi connectivity index (χ3n) is 2.45. The third kappa shape index (κ3) is 2.99. The van der Waals surface area contributed by atoms with Gasteiger partial charge in [-0.25, -0.2) is 0 Å². The van der Waals surface area contributed by atoms with Gasteiger partial charge >= 0.3 is 0 Å². The third-order valence-corrected chi connectivity index (χ3v) is 2.45. The number of carbonyl (C=O) groups is 1. The number of nitrogens with two attached hydrogens (primary N) is 1. The van der Waals surface area contributed by atoms with Gasteiger partial charge in [-0.15, -0.1) is 0 Å². The summed E-state index contributed by atoms with van der Waals surface area (Å²) in [5.41, 5.74) is 5.17. The molecule has 0 aromatic rings. The number of hydrogen-bond acceptors (Lipinski definition) is 2. The highest BCUT2D eigenvalue weighted by Gasteiger charge is 2.31. The zero-order valence-electron chi connectivity index (χ0n) is 9.42. The summed E-state index contributed by atoms with van der Waals surface area (Å²) < 4.78 is 0. The van der Waals surface area contributed by atoms with Crippen molar-refractivity contribution in [2.24, 2.45) is 5.73 Å². The van der Waals surface area contributed by atoms with E-state index in [0.717, 1.165) is 6.54 Å². The van der Waals surface area contributed by atoms with E-state index in [0.29, 0.717) is 6.42 Å². The van der Waals surface area contributed by atoms with Crippen LogP contribution in [0.4, 0.5) is 0 Å². The van der Waals surface area contributed by atoms with Gasteiger partial charge in [0.2, 0.25) is 5.91 Å². The van der Waals surface area contributed by atoms with Crippen LogP contribution in [0.2, 0.25) is 0 Å². The average molecular weight is 186 g/mol. The molecule has 0 saturated heterocycles. The van der Waals surface area contributed by atoms with Crippen LogP contribution in [-0.4, -0.2) is 28.9 Å². The second kappa shape index (κ2) is 4.61. The number of hydrogen-bond donors (Lipinski definition) is 1. The van der Waals surface area contributed by atoms with Gasteiger partial charge in [-0.05, 0) is 34.1 Å². The first-order valence-electron chi connectivity index (χ1n) is 4.96. The van der Waals surface area contributed by atoms with Crippen molar-refractivity contribution in [3.05, 3.63) is 0 Å². The molecule has 0 spiro atoms. The Morgan fingerprint density at radius 1 is 1.46 bits per heavy atom. The molecule has 78 valence electrons. The van der Waals surface area contributed by atoms with Crippen molar-refractivity contribution in [2.75, 3.05) is 6.54 Å². The van der Waals surface area contributed by atoms with Crippen LogP contribution in [0.3, 0.4) is 0 Å². The first-order chi connectivity index (χ1) is 5.86.